The first-order valence-electron chi connectivity index (χ1n) is 10.9. The van der Waals surface area contributed by atoms with Gasteiger partial charge in [0.2, 0.25) is 0 Å². The van der Waals surface area contributed by atoms with Gasteiger partial charge in [0.15, 0.2) is 0 Å². The molecule has 0 saturated heterocycles. The van der Waals surface area contributed by atoms with E-state index in [2.05, 4.69) is 6.92 Å². The van der Waals surface area contributed by atoms with Crippen molar-refractivity contribution in [3.8, 4) is 0 Å². The third-order valence-corrected chi connectivity index (χ3v) is 5.82. The maximum absolute atomic E-state index is 11.4. The van der Waals surface area contributed by atoms with Crippen molar-refractivity contribution in [3.05, 3.63) is 0 Å². The molecule has 0 aliphatic rings. The molecule has 2 heteroatoms. The monoisotopic (exact) mass is 340 g/mol. The highest BCUT2D eigenvalue weighted by molar-refractivity contribution is 5.74. The second kappa shape index (κ2) is 16.0. The van der Waals surface area contributed by atoms with Gasteiger partial charge in [-0.1, -0.05) is 111 Å². The Balaban J connectivity index is 3.38. The van der Waals surface area contributed by atoms with Crippen LogP contribution in [0.3, 0.4) is 0 Å². The molecule has 1 N–H and O–H groups in total. The fraction of sp³-hybridized carbons (Fsp3) is 0.955. The molecule has 24 heavy (non-hydrogen) atoms. The van der Waals surface area contributed by atoms with Crippen LogP contribution >= 0.6 is 0 Å². The Labute approximate surface area is 151 Å². The smallest absolute Gasteiger partial charge is 0.309 e. The molecule has 0 amide bonds. The molecule has 0 atom stereocenters. The molecule has 0 rings (SSSR count). The van der Waals surface area contributed by atoms with E-state index in [-0.39, 0.29) is 0 Å². The molecule has 0 radical (unpaired) electrons. The van der Waals surface area contributed by atoms with E-state index < -0.39 is 11.4 Å². The quantitative estimate of drug-likeness (QED) is 0.259. The second-order valence-corrected chi connectivity index (χ2v) is 7.64. The molecular formula is C22H44O2. The summed E-state index contributed by atoms with van der Waals surface area (Å²) in [5, 5.41) is 9.43. The van der Waals surface area contributed by atoms with Crippen molar-refractivity contribution in [2.75, 3.05) is 0 Å². The first-order chi connectivity index (χ1) is 11.6. The van der Waals surface area contributed by atoms with Crippen molar-refractivity contribution in [3.63, 3.8) is 0 Å². The van der Waals surface area contributed by atoms with E-state index in [1.807, 2.05) is 13.8 Å². The summed E-state index contributed by atoms with van der Waals surface area (Å²) in [5.41, 5.74) is -0.461. The van der Waals surface area contributed by atoms with E-state index >= 15 is 0 Å². The molecule has 0 aliphatic heterocycles. The zero-order chi connectivity index (χ0) is 18.1. The van der Waals surface area contributed by atoms with Gasteiger partial charge in [-0.2, -0.15) is 0 Å². The highest BCUT2D eigenvalue weighted by Crippen LogP contribution is 2.33. The minimum Gasteiger partial charge on any atom is -0.481 e. The van der Waals surface area contributed by atoms with Crippen LogP contribution in [0.2, 0.25) is 0 Å². The van der Waals surface area contributed by atoms with Crippen molar-refractivity contribution in [1.29, 1.82) is 0 Å². The summed E-state index contributed by atoms with van der Waals surface area (Å²) < 4.78 is 0. The Bertz CT molecular complexity index is 282. The van der Waals surface area contributed by atoms with Crippen LogP contribution in [-0.2, 0) is 4.79 Å². The highest BCUT2D eigenvalue weighted by atomic mass is 16.4. The molecule has 0 spiro atoms. The van der Waals surface area contributed by atoms with Crippen LogP contribution < -0.4 is 0 Å². The molecule has 2 nitrogen and oxygen atoms in total. The molecule has 144 valence electrons. The normalized spacial score (nSPS) is 11.8. The van der Waals surface area contributed by atoms with Gasteiger partial charge in [0.05, 0.1) is 5.41 Å². The number of rotatable bonds is 18. The molecule has 0 aromatic heterocycles. The zero-order valence-corrected chi connectivity index (χ0v) is 16.9. The second-order valence-electron chi connectivity index (χ2n) is 7.64. The first kappa shape index (κ1) is 23.5. The van der Waals surface area contributed by atoms with Crippen LogP contribution in [0.15, 0.2) is 0 Å². The van der Waals surface area contributed by atoms with Gasteiger partial charge in [0.1, 0.15) is 0 Å². The van der Waals surface area contributed by atoms with Gasteiger partial charge in [-0.25, -0.2) is 0 Å². The summed E-state index contributed by atoms with van der Waals surface area (Å²) in [5.74, 6) is -0.595. The van der Waals surface area contributed by atoms with E-state index in [0.717, 1.165) is 25.7 Å². The molecule has 0 bridgehead atoms. The molecular weight excluding hydrogens is 296 g/mol. The predicted octanol–water partition coefficient (Wildman–Crippen LogP) is 7.75. The average Bonchev–Trinajstić information content (AvgIpc) is 2.58. The molecule has 0 saturated carbocycles. The van der Waals surface area contributed by atoms with Gasteiger partial charge in [0, 0.05) is 0 Å². The van der Waals surface area contributed by atoms with Gasteiger partial charge in [-0.15, -0.1) is 0 Å². The van der Waals surface area contributed by atoms with E-state index in [4.69, 9.17) is 0 Å². The predicted molar refractivity (Wildman–Crippen MR) is 106 cm³/mol. The molecule has 0 heterocycles. The van der Waals surface area contributed by atoms with Gasteiger partial charge in [-0.3, -0.25) is 4.79 Å². The van der Waals surface area contributed by atoms with Crippen molar-refractivity contribution >= 4 is 5.97 Å². The van der Waals surface area contributed by atoms with Gasteiger partial charge in [-0.05, 0) is 19.3 Å². The number of hydrogen-bond acceptors (Lipinski definition) is 1. The van der Waals surface area contributed by atoms with Crippen LogP contribution in [0.1, 0.15) is 130 Å². The molecule has 0 aliphatic carbocycles. The lowest BCUT2D eigenvalue weighted by atomic mass is 9.78. The minimum atomic E-state index is -0.595. The SMILES string of the molecule is CCCCCCCCCCCCCCCCC(CC)(CC)C(=O)O. The first-order valence-corrected chi connectivity index (χ1v) is 10.9. The standard InChI is InChI=1S/C22H44O2/c1-4-7-8-9-10-11-12-13-14-15-16-17-18-19-20-22(5-2,6-3)21(23)24/h4-20H2,1-3H3,(H,23,24). The average molecular weight is 341 g/mol. The number of hydrogen-bond donors (Lipinski definition) is 1. The van der Waals surface area contributed by atoms with E-state index in [0.29, 0.717) is 0 Å². The summed E-state index contributed by atoms with van der Waals surface area (Å²) in [6.45, 7) is 6.30. The lowest BCUT2D eigenvalue weighted by Gasteiger charge is -2.26. The fourth-order valence-electron chi connectivity index (χ4n) is 3.67. The number of carbonyl (C=O) groups is 1. The van der Waals surface area contributed by atoms with Crippen LogP contribution in [0.4, 0.5) is 0 Å². The van der Waals surface area contributed by atoms with Gasteiger partial charge in [0.25, 0.3) is 0 Å². The maximum Gasteiger partial charge on any atom is 0.309 e. The van der Waals surface area contributed by atoms with Crippen molar-refractivity contribution in [2.45, 2.75) is 130 Å². The summed E-state index contributed by atoms with van der Waals surface area (Å²) >= 11 is 0. The Morgan fingerprint density at radius 1 is 0.625 bits per heavy atom. The van der Waals surface area contributed by atoms with Crippen molar-refractivity contribution in [1.82, 2.24) is 0 Å². The summed E-state index contributed by atoms with van der Waals surface area (Å²) in [6.07, 6.45) is 21.3. The lowest BCUT2D eigenvalue weighted by Crippen LogP contribution is -2.29. The van der Waals surface area contributed by atoms with Crippen LogP contribution in [0.25, 0.3) is 0 Å². The Morgan fingerprint density at radius 3 is 1.25 bits per heavy atom. The summed E-state index contributed by atoms with van der Waals surface area (Å²) in [6, 6.07) is 0. The summed E-state index contributed by atoms with van der Waals surface area (Å²) in [7, 11) is 0. The zero-order valence-electron chi connectivity index (χ0n) is 16.9. The molecule has 0 fully saturated rings. The minimum absolute atomic E-state index is 0.461. The summed E-state index contributed by atoms with van der Waals surface area (Å²) in [4.78, 5) is 11.4. The Kier molecular flexibility index (Phi) is 15.6. The fourth-order valence-corrected chi connectivity index (χ4v) is 3.67. The Hall–Kier alpha value is -0.530. The number of unbranched alkanes of at least 4 members (excludes halogenated alkanes) is 13. The molecule has 0 aromatic carbocycles. The van der Waals surface area contributed by atoms with Gasteiger partial charge >= 0.3 is 5.97 Å². The third-order valence-electron chi connectivity index (χ3n) is 5.82. The van der Waals surface area contributed by atoms with Crippen molar-refractivity contribution in [2.24, 2.45) is 5.41 Å². The number of aliphatic carboxylic acids is 1. The number of carboxylic acids is 1. The third kappa shape index (κ3) is 11.1. The van der Waals surface area contributed by atoms with Crippen LogP contribution in [-0.4, -0.2) is 11.1 Å². The van der Waals surface area contributed by atoms with E-state index in [1.54, 1.807) is 0 Å². The van der Waals surface area contributed by atoms with E-state index in [9.17, 15) is 9.90 Å². The molecule has 0 aromatic rings. The highest BCUT2D eigenvalue weighted by Gasteiger charge is 2.33. The topological polar surface area (TPSA) is 37.3 Å². The lowest BCUT2D eigenvalue weighted by molar-refractivity contribution is -0.150. The van der Waals surface area contributed by atoms with Crippen LogP contribution in [0.5, 0.6) is 0 Å². The Morgan fingerprint density at radius 2 is 0.958 bits per heavy atom. The van der Waals surface area contributed by atoms with E-state index in [1.165, 1.54) is 83.5 Å². The molecule has 0 unspecified atom stereocenters. The maximum atomic E-state index is 11.4. The van der Waals surface area contributed by atoms with Crippen LogP contribution in [0, 0.1) is 5.41 Å². The number of carboxylic acid groups (broad SMARTS) is 1. The van der Waals surface area contributed by atoms with Gasteiger partial charge < -0.3 is 5.11 Å². The largest absolute Gasteiger partial charge is 0.481 e. The van der Waals surface area contributed by atoms with Crippen molar-refractivity contribution < 1.29 is 9.90 Å².